The van der Waals surface area contributed by atoms with Crippen molar-refractivity contribution < 1.29 is 38.4 Å². The van der Waals surface area contributed by atoms with Crippen LogP contribution in [0.3, 0.4) is 0 Å². The maximum atomic E-state index is 13.7. The summed E-state index contributed by atoms with van der Waals surface area (Å²) in [5.41, 5.74) is 38.1. The molecule has 0 saturated carbocycles. The molecule has 0 aliphatic rings. The van der Waals surface area contributed by atoms with Crippen molar-refractivity contribution in [3.05, 3.63) is 0 Å². The van der Waals surface area contributed by atoms with E-state index < -0.39 is 96.5 Å². The molecule has 0 aromatic rings. The van der Waals surface area contributed by atoms with E-state index in [1.54, 1.807) is 13.8 Å². The lowest BCUT2D eigenvalue weighted by Gasteiger charge is -2.26. The molecule has 0 fully saturated rings. The van der Waals surface area contributed by atoms with E-state index in [9.17, 15) is 38.4 Å². The van der Waals surface area contributed by atoms with Crippen molar-refractivity contribution in [1.29, 1.82) is 0 Å². The van der Waals surface area contributed by atoms with Gasteiger partial charge in [-0.3, -0.25) is 48.3 Å². The van der Waals surface area contributed by atoms with Crippen LogP contribution in [0.5, 0.6) is 0 Å². The van der Waals surface area contributed by atoms with Gasteiger partial charge in [0.05, 0.1) is 19.0 Å². The normalized spacial score (nSPS) is 14.1. The molecule has 56 heavy (non-hydrogen) atoms. The second-order valence-corrected chi connectivity index (χ2v) is 14.1. The van der Waals surface area contributed by atoms with Crippen molar-refractivity contribution in [2.75, 3.05) is 19.6 Å². The Bertz CT molecular complexity index is 1410. The topological polar surface area (TPSA) is 416 Å². The first-order chi connectivity index (χ1) is 26.0. The molecule has 0 aliphatic heterocycles. The van der Waals surface area contributed by atoms with Crippen LogP contribution >= 0.6 is 0 Å². The van der Waals surface area contributed by atoms with Crippen LogP contribution in [0.1, 0.15) is 79.6 Å². The summed E-state index contributed by atoms with van der Waals surface area (Å²) in [6.45, 7) is 8.37. The molecule has 23 nitrogen and oxygen atoms in total. The first-order valence-corrected chi connectivity index (χ1v) is 18.3. The van der Waals surface area contributed by atoms with E-state index >= 15 is 0 Å². The molecule has 318 valence electrons. The summed E-state index contributed by atoms with van der Waals surface area (Å²) in [6.07, 6.45) is 0.184. The Morgan fingerprint density at radius 2 is 0.929 bits per heavy atom. The van der Waals surface area contributed by atoms with Crippen LogP contribution in [0.25, 0.3) is 0 Å². The molecule has 0 aromatic carbocycles. The average Bonchev–Trinajstić information content (AvgIpc) is 3.07. The highest BCUT2D eigenvalue weighted by Gasteiger charge is 2.32. The quantitative estimate of drug-likeness (QED) is 0.0210. The SMILES string of the molecule is CC(C)C[C@H](NC(=O)[C@H](C)NC(=O)[C@H](CC(N)=O)NC(=O)[C@H](CCCN=C(N)N)NC(=O)[C@H](CCCN=C(N)N)NC(=O)[C@@H](N)CC(C)C)C(=O)NCC(N)=O. The first kappa shape index (κ1) is 50.3. The van der Waals surface area contributed by atoms with Crippen LogP contribution in [-0.4, -0.2) is 115 Å². The molecule has 0 rings (SSSR count). The highest BCUT2D eigenvalue weighted by molar-refractivity contribution is 5.98. The van der Waals surface area contributed by atoms with Gasteiger partial charge in [-0.2, -0.15) is 0 Å². The van der Waals surface area contributed by atoms with Gasteiger partial charge >= 0.3 is 0 Å². The molecule has 23 heteroatoms. The number of amides is 8. The van der Waals surface area contributed by atoms with Gasteiger partial charge in [0.1, 0.15) is 30.2 Å². The Morgan fingerprint density at radius 1 is 0.500 bits per heavy atom. The van der Waals surface area contributed by atoms with Crippen LogP contribution < -0.4 is 72.0 Å². The van der Waals surface area contributed by atoms with Crippen molar-refractivity contribution >= 4 is 59.2 Å². The van der Waals surface area contributed by atoms with Crippen molar-refractivity contribution in [2.45, 2.75) is 116 Å². The Hall–Kier alpha value is -5.74. The maximum absolute atomic E-state index is 13.7. The standard InChI is InChI=1S/C33H63N15O8/c1-16(2)12-19(34)27(52)45-20(8-6-10-41-32(37)38)29(54)46-21(9-7-11-42-33(39)40)30(55)48-23(14-24(35)49)31(56)44-18(5)26(51)47-22(13-17(3)4)28(53)43-15-25(36)50/h16-23H,6-15,34H2,1-5H3,(H2,35,49)(H2,36,50)(H,43,53)(H,44,56)(H,45,52)(H,46,54)(H,47,51)(H,48,55)(H4,37,38,41)(H4,39,40,42)/t18-,19-,20-,21-,22-,23-/m0/s1. The number of primary amides is 2. The largest absolute Gasteiger partial charge is 0.370 e. The summed E-state index contributed by atoms with van der Waals surface area (Å²) in [4.78, 5) is 110. The van der Waals surface area contributed by atoms with Gasteiger partial charge in [-0.25, -0.2) is 0 Å². The van der Waals surface area contributed by atoms with E-state index in [0.717, 1.165) is 0 Å². The average molecular weight is 798 g/mol. The van der Waals surface area contributed by atoms with Gasteiger partial charge in [0, 0.05) is 13.1 Å². The van der Waals surface area contributed by atoms with Crippen LogP contribution in [0.4, 0.5) is 0 Å². The molecule has 0 bridgehead atoms. The minimum Gasteiger partial charge on any atom is -0.370 e. The van der Waals surface area contributed by atoms with E-state index in [2.05, 4.69) is 41.9 Å². The molecular formula is C33H63N15O8. The van der Waals surface area contributed by atoms with E-state index in [4.69, 9.17) is 40.1 Å². The number of rotatable bonds is 27. The third-order valence-corrected chi connectivity index (χ3v) is 7.79. The third-order valence-electron chi connectivity index (χ3n) is 7.79. The number of aliphatic imine (C=N–C) groups is 2. The summed E-state index contributed by atoms with van der Waals surface area (Å²) in [5.74, 6) is -6.92. The predicted octanol–water partition coefficient (Wildman–Crippen LogP) is -5.57. The highest BCUT2D eigenvalue weighted by atomic mass is 16.2. The zero-order valence-corrected chi connectivity index (χ0v) is 32.9. The fraction of sp³-hybridized carbons (Fsp3) is 0.697. The van der Waals surface area contributed by atoms with Crippen LogP contribution in [0.15, 0.2) is 9.98 Å². The summed E-state index contributed by atoms with van der Waals surface area (Å²) < 4.78 is 0. The van der Waals surface area contributed by atoms with Gasteiger partial charge in [-0.1, -0.05) is 27.7 Å². The number of nitrogens with two attached hydrogens (primary N) is 7. The molecule has 0 aromatic heterocycles. The van der Waals surface area contributed by atoms with Gasteiger partial charge in [0.25, 0.3) is 0 Å². The Kier molecular flexibility index (Phi) is 23.5. The lowest BCUT2D eigenvalue weighted by molar-refractivity contribution is -0.136. The maximum Gasteiger partial charge on any atom is 0.243 e. The molecule has 6 atom stereocenters. The number of guanidine groups is 2. The highest BCUT2D eigenvalue weighted by Crippen LogP contribution is 2.09. The van der Waals surface area contributed by atoms with E-state index in [0.29, 0.717) is 6.42 Å². The third kappa shape index (κ3) is 22.5. The predicted molar refractivity (Wildman–Crippen MR) is 208 cm³/mol. The number of hydrogen-bond donors (Lipinski definition) is 13. The van der Waals surface area contributed by atoms with Crippen molar-refractivity contribution in [2.24, 2.45) is 62.0 Å². The summed E-state index contributed by atoms with van der Waals surface area (Å²) in [7, 11) is 0. The Morgan fingerprint density at radius 3 is 1.36 bits per heavy atom. The molecule has 0 unspecified atom stereocenters. The zero-order valence-electron chi connectivity index (χ0n) is 32.9. The molecule has 0 radical (unpaired) electrons. The van der Waals surface area contributed by atoms with Crippen molar-refractivity contribution in [3.63, 3.8) is 0 Å². The van der Waals surface area contributed by atoms with Gasteiger partial charge < -0.3 is 72.0 Å². The molecule has 0 aliphatic carbocycles. The molecule has 0 heterocycles. The minimum atomic E-state index is -1.62. The number of carbonyl (C=O) groups is 8. The lowest BCUT2D eigenvalue weighted by Crippen LogP contribution is -2.59. The second kappa shape index (κ2) is 26.1. The number of nitrogens with zero attached hydrogens (tertiary/aromatic N) is 2. The molecule has 0 saturated heterocycles. The Balaban J connectivity index is 6.23. The van der Waals surface area contributed by atoms with E-state index in [1.165, 1.54) is 6.92 Å². The van der Waals surface area contributed by atoms with Crippen LogP contribution in [0, 0.1) is 11.8 Å². The van der Waals surface area contributed by atoms with Crippen LogP contribution in [0.2, 0.25) is 0 Å². The summed E-state index contributed by atoms with van der Waals surface area (Å²) in [6, 6.07) is -7.49. The second-order valence-electron chi connectivity index (χ2n) is 14.1. The zero-order chi connectivity index (χ0) is 43.1. The molecular weight excluding hydrogens is 734 g/mol. The van der Waals surface area contributed by atoms with Crippen LogP contribution in [-0.2, 0) is 38.4 Å². The molecule has 20 N–H and O–H groups in total. The first-order valence-electron chi connectivity index (χ1n) is 18.3. The minimum absolute atomic E-state index is 0.0442. The monoisotopic (exact) mass is 797 g/mol. The number of nitrogens with one attached hydrogen (secondary N) is 6. The smallest absolute Gasteiger partial charge is 0.243 e. The lowest BCUT2D eigenvalue weighted by atomic mass is 10.0. The molecule has 0 spiro atoms. The van der Waals surface area contributed by atoms with Gasteiger partial charge in [-0.05, 0) is 57.3 Å². The molecule has 8 amide bonds. The van der Waals surface area contributed by atoms with E-state index in [1.807, 2.05) is 13.8 Å². The van der Waals surface area contributed by atoms with Crippen molar-refractivity contribution in [1.82, 2.24) is 31.9 Å². The van der Waals surface area contributed by atoms with E-state index in [-0.39, 0.29) is 68.9 Å². The van der Waals surface area contributed by atoms with Gasteiger partial charge in [-0.15, -0.1) is 0 Å². The number of carbonyl (C=O) groups excluding carboxylic acids is 8. The van der Waals surface area contributed by atoms with Crippen molar-refractivity contribution in [3.8, 4) is 0 Å². The fourth-order valence-electron chi connectivity index (χ4n) is 5.07. The van der Waals surface area contributed by atoms with Gasteiger partial charge in [0.15, 0.2) is 11.9 Å². The number of hydrogen-bond acceptors (Lipinski definition) is 11. The summed E-state index contributed by atoms with van der Waals surface area (Å²) in [5, 5.41) is 14.8. The summed E-state index contributed by atoms with van der Waals surface area (Å²) >= 11 is 0. The van der Waals surface area contributed by atoms with Gasteiger partial charge in [0.2, 0.25) is 47.3 Å². The Labute approximate surface area is 326 Å². The fourth-order valence-corrected chi connectivity index (χ4v) is 5.07.